The SMILES string of the molecule is C[N+](C)(C)C#N. The summed E-state index contributed by atoms with van der Waals surface area (Å²) in [5.41, 5.74) is 0. The molecule has 0 unspecified atom stereocenters. The average molecular weight is 85.1 g/mol. The molecule has 34 valence electrons. The van der Waals surface area contributed by atoms with Crippen LogP contribution < -0.4 is 0 Å². The molecule has 0 saturated carbocycles. The normalized spacial score (nSPS) is 10.3. The summed E-state index contributed by atoms with van der Waals surface area (Å²) in [6, 6.07) is 0. The molecule has 0 fully saturated rings. The van der Waals surface area contributed by atoms with Gasteiger partial charge in [0.05, 0.1) is 21.1 Å². The third-order valence-electron chi connectivity index (χ3n) is 0.300. The van der Waals surface area contributed by atoms with E-state index < -0.39 is 0 Å². The van der Waals surface area contributed by atoms with Crippen molar-refractivity contribution in [2.24, 2.45) is 0 Å². The smallest absolute Gasteiger partial charge is 0.231 e. The van der Waals surface area contributed by atoms with Crippen LogP contribution in [0.1, 0.15) is 0 Å². The van der Waals surface area contributed by atoms with Crippen LogP contribution in [-0.4, -0.2) is 25.6 Å². The number of hydrogen-bond acceptors (Lipinski definition) is 1. The summed E-state index contributed by atoms with van der Waals surface area (Å²) in [6.45, 7) is 0. The molecule has 0 radical (unpaired) electrons. The first-order valence-corrected chi connectivity index (χ1v) is 1.79. The summed E-state index contributed by atoms with van der Waals surface area (Å²) in [5.74, 6) is 0. The third-order valence-corrected chi connectivity index (χ3v) is 0.300. The zero-order chi connectivity index (χ0) is 5.21. The highest BCUT2D eigenvalue weighted by atomic mass is 15.3. The highest BCUT2D eigenvalue weighted by Gasteiger charge is 1.99. The molecule has 0 amide bonds. The van der Waals surface area contributed by atoms with Crippen LogP contribution >= 0.6 is 0 Å². The fourth-order valence-electron chi connectivity index (χ4n) is 0. The van der Waals surface area contributed by atoms with Crippen molar-refractivity contribution in [3.05, 3.63) is 0 Å². The molecule has 0 aromatic heterocycles. The molecule has 2 nitrogen and oxygen atoms in total. The Bertz CT molecular complexity index is 72.5. The molecular formula is C4H9N2+. The van der Waals surface area contributed by atoms with Gasteiger partial charge in [0.2, 0.25) is 0 Å². The van der Waals surface area contributed by atoms with Gasteiger partial charge < -0.3 is 0 Å². The quantitative estimate of drug-likeness (QED) is 0.304. The van der Waals surface area contributed by atoms with E-state index in [4.69, 9.17) is 5.26 Å². The van der Waals surface area contributed by atoms with Crippen LogP contribution in [0.15, 0.2) is 0 Å². The lowest BCUT2D eigenvalue weighted by atomic mass is 10.8. The van der Waals surface area contributed by atoms with Crippen LogP contribution in [0, 0.1) is 11.5 Å². The Balaban J connectivity index is 3.55. The topological polar surface area (TPSA) is 23.8 Å². The van der Waals surface area contributed by atoms with Crippen molar-refractivity contribution in [3.8, 4) is 6.19 Å². The lowest BCUT2D eigenvalue weighted by Crippen LogP contribution is -2.26. The van der Waals surface area contributed by atoms with Gasteiger partial charge in [0.25, 0.3) is 0 Å². The van der Waals surface area contributed by atoms with Gasteiger partial charge in [-0.25, -0.2) is 4.48 Å². The molecule has 0 aliphatic rings. The predicted octanol–water partition coefficient (Wildman–Crippen LogP) is 0.174. The van der Waals surface area contributed by atoms with Gasteiger partial charge in [0.1, 0.15) is 0 Å². The molecule has 0 saturated heterocycles. The minimum atomic E-state index is 0.375. The standard InChI is InChI=1S/C4H9N2/c1-6(2,3)4-5/h1-3H3/q+1. The summed E-state index contributed by atoms with van der Waals surface area (Å²) >= 11 is 0. The van der Waals surface area contributed by atoms with Crippen molar-refractivity contribution in [2.45, 2.75) is 0 Å². The molecule has 0 atom stereocenters. The average Bonchev–Trinajstić information content (AvgIpc) is 1.35. The van der Waals surface area contributed by atoms with Crippen molar-refractivity contribution in [2.75, 3.05) is 21.1 Å². The molecule has 2 heteroatoms. The molecule has 6 heavy (non-hydrogen) atoms. The fraction of sp³-hybridized carbons (Fsp3) is 0.750. The Kier molecular flexibility index (Phi) is 1.16. The van der Waals surface area contributed by atoms with E-state index in [1.54, 1.807) is 0 Å². The third kappa shape index (κ3) is 3.45. The Morgan fingerprint density at radius 1 is 1.33 bits per heavy atom. The maximum absolute atomic E-state index is 8.12. The summed E-state index contributed by atoms with van der Waals surface area (Å²) < 4.78 is 0.375. The molecule has 0 spiro atoms. The monoisotopic (exact) mass is 85.1 g/mol. The van der Waals surface area contributed by atoms with Gasteiger partial charge in [0.15, 0.2) is 0 Å². The van der Waals surface area contributed by atoms with Crippen molar-refractivity contribution in [3.63, 3.8) is 0 Å². The van der Waals surface area contributed by atoms with E-state index in [1.807, 2.05) is 27.3 Å². The first kappa shape index (κ1) is 5.45. The maximum atomic E-state index is 8.12. The van der Waals surface area contributed by atoms with Gasteiger partial charge in [-0.2, -0.15) is 0 Å². The maximum Gasteiger partial charge on any atom is 0.307 e. The van der Waals surface area contributed by atoms with Crippen LogP contribution in [0.2, 0.25) is 0 Å². The van der Waals surface area contributed by atoms with Gasteiger partial charge in [-0.3, -0.25) is 0 Å². The molecular weight excluding hydrogens is 76.1 g/mol. The Morgan fingerprint density at radius 2 is 1.50 bits per heavy atom. The number of quaternary nitrogens is 1. The van der Waals surface area contributed by atoms with E-state index in [0.29, 0.717) is 4.48 Å². The minimum Gasteiger partial charge on any atom is -0.231 e. The second-order valence-corrected chi connectivity index (χ2v) is 2.11. The van der Waals surface area contributed by atoms with Gasteiger partial charge in [-0.15, -0.1) is 5.26 Å². The Morgan fingerprint density at radius 3 is 1.50 bits per heavy atom. The van der Waals surface area contributed by atoms with E-state index in [1.165, 1.54) is 0 Å². The molecule has 0 heterocycles. The van der Waals surface area contributed by atoms with E-state index in [0.717, 1.165) is 0 Å². The van der Waals surface area contributed by atoms with Crippen LogP contribution in [0.5, 0.6) is 0 Å². The summed E-state index contributed by atoms with van der Waals surface area (Å²) in [7, 11) is 5.46. The molecule has 0 bridgehead atoms. The zero-order valence-corrected chi connectivity index (χ0v) is 4.39. The van der Waals surface area contributed by atoms with Crippen LogP contribution in [0.3, 0.4) is 0 Å². The van der Waals surface area contributed by atoms with Crippen molar-refractivity contribution in [1.29, 1.82) is 5.26 Å². The van der Waals surface area contributed by atoms with Crippen molar-refractivity contribution in [1.82, 2.24) is 0 Å². The first-order valence-electron chi connectivity index (χ1n) is 1.79. The first-order chi connectivity index (χ1) is 2.56. The number of nitriles is 1. The lowest BCUT2D eigenvalue weighted by Gasteiger charge is -2.07. The fourth-order valence-corrected chi connectivity index (χ4v) is 0. The number of hydrogen-bond donors (Lipinski definition) is 0. The minimum absolute atomic E-state index is 0.375. The van der Waals surface area contributed by atoms with Gasteiger partial charge in [0, 0.05) is 0 Å². The molecule has 0 aliphatic heterocycles. The lowest BCUT2D eigenvalue weighted by molar-refractivity contribution is -0.802. The summed E-state index contributed by atoms with van der Waals surface area (Å²) in [5, 5.41) is 8.12. The summed E-state index contributed by atoms with van der Waals surface area (Å²) in [4.78, 5) is 0. The molecule has 0 aromatic carbocycles. The highest BCUT2D eigenvalue weighted by molar-refractivity contribution is 4.43. The zero-order valence-electron chi connectivity index (χ0n) is 4.39. The van der Waals surface area contributed by atoms with Gasteiger partial charge in [-0.05, 0) is 0 Å². The predicted molar refractivity (Wildman–Crippen MR) is 23.6 cm³/mol. The molecule has 0 aromatic rings. The second kappa shape index (κ2) is 1.27. The van der Waals surface area contributed by atoms with Crippen LogP contribution in [0.4, 0.5) is 0 Å². The molecule has 0 N–H and O–H groups in total. The van der Waals surface area contributed by atoms with Crippen LogP contribution in [0.25, 0.3) is 0 Å². The largest absolute Gasteiger partial charge is 0.307 e. The molecule has 0 aliphatic carbocycles. The number of rotatable bonds is 0. The van der Waals surface area contributed by atoms with Crippen LogP contribution in [-0.2, 0) is 0 Å². The van der Waals surface area contributed by atoms with E-state index in [9.17, 15) is 0 Å². The van der Waals surface area contributed by atoms with Gasteiger partial charge in [-0.1, -0.05) is 0 Å². The second-order valence-electron chi connectivity index (χ2n) is 2.11. The van der Waals surface area contributed by atoms with Gasteiger partial charge >= 0.3 is 6.19 Å². The highest BCUT2D eigenvalue weighted by Crippen LogP contribution is 1.79. The van der Waals surface area contributed by atoms with Crippen molar-refractivity contribution < 1.29 is 4.48 Å². The Labute approximate surface area is 38.2 Å². The van der Waals surface area contributed by atoms with E-state index in [-0.39, 0.29) is 0 Å². The van der Waals surface area contributed by atoms with E-state index in [2.05, 4.69) is 0 Å². The summed E-state index contributed by atoms with van der Waals surface area (Å²) in [6.07, 6.45) is 2.04. The van der Waals surface area contributed by atoms with Crippen molar-refractivity contribution >= 4 is 0 Å². The Hall–Kier alpha value is -0.550. The number of nitrogens with zero attached hydrogens (tertiary/aromatic N) is 2. The van der Waals surface area contributed by atoms with E-state index >= 15 is 0 Å². The molecule has 0 rings (SSSR count).